The molecule has 2 aromatic rings. The van der Waals surface area contributed by atoms with Crippen LogP contribution in [0.5, 0.6) is 0 Å². The van der Waals surface area contributed by atoms with Crippen LogP contribution in [0.4, 0.5) is 26.3 Å². The summed E-state index contributed by atoms with van der Waals surface area (Å²) in [6.07, 6.45) is -8.89. The number of carbonyl (C=O) groups excluding carboxylic acids is 3. The average Bonchev–Trinajstić information content (AvgIpc) is 3.13. The SMILES string of the molecule is C[C@@H](NC(=O)CN1C(=O)/C(=C/c2cccc(-c3cc(C(F)(F)F)cc(C(F)(F)F)c3)n2)SC1=S)C(=O)NCC(=O)O. The van der Waals surface area contributed by atoms with Gasteiger partial charge in [-0.05, 0) is 43.3 Å². The summed E-state index contributed by atoms with van der Waals surface area (Å²) in [5.41, 5.74) is -3.68. The molecule has 218 valence electrons. The standard InChI is InChI=1S/C24H18F6N4O5S2/c1-11(20(38)31-9-19(36)37)32-18(35)10-34-21(39)17(41-22(34)40)8-15-3-2-4-16(33-15)12-5-13(23(25,26)27)7-14(6-12)24(28,29)30/h2-8,11H,9-10H2,1H3,(H,31,38)(H,32,35)(H,36,37)/b17-8-/t11-/m1/s1. The number of rotatable bonds is 8. The molecule has 1 aromatic carbocycles. The van der Waals surface area contributed by atoms with Crippen LogP contribution in [0, 0.1) is 0 Å². The lowest BCUT2D eigenvalue weighted by atomic mass is 10.0. The van der Waals surface area contributed by atoms with E-state index in [2.05, 4.69) is 15.6 Å². The fourth-order valence-electron chi connectivity index (χ4n) is 3.38. The van der Waals surface area contributed by atoms with Crippen LogP contribution in [0.2, 0.25) is 0 Å². The lowest BCUT2D eigenvalue weighted by Gasteiger charge is -2.17. The van der Waals surface area contributed by atoms with E-state index in [0.29, 0.717) is 12.1 Å². The van der Waals surface area contributed by atoms with Crippen LogP contribution >= 0.6 is 24.0 Å². The smallest absolute Gasteiger partial charge is 0.416 e. The Morgan fingerprint density at radius 1 is 1.10 bits per heavy atom. The summed E-state index contributed by atoms with van der Waals surface area (Å²) in [4.78, 5) is 52.6. The highest BCUT2D eigenvalue weighted by Crippen LogP contribution is 2.38. The number of amides is 3. The van der Waals surface area contributed by atoms with Crippen molar-refractivity contribution in [1.82, 2.24) is 20.5 Å². The van der Waals surface area contributed by atoms with Gasteiger partial charge < -0.3 is 15.7 Å². The summed E-state index contributed by atoms with van der Waals surface area (Å²) >= 11 is 5.91. The van der Waals surface area contributed by atoms with Gasteiger partial charge >= 0.3 is 18.3 Å². The first-order chi connectivity index (χ1) is 19.0. The highest BCUT2D eigenvalue weighted by Gasteiger charge is 2.37. The van der Waals surface area contributed by atoms with Gasteiger partial charge in [0.2, 0.25) is 11.8 Å². The number of halogens is 6. The minimum Gasteiger partial charge on any atom is -0.480 e. The molecule has 1 aliphatic rings. The number of carboxylic acid groups (broad SMARTS) is 1. The minimum absolute atomic E-state index is 0.00192. The zero-order valence-electron chi connectivity index (χ0n) is 20.6. The molecule has 41 heavy (non-hydrogen) atoms. The molecule has 3 amide bonds. The Bertz CT molecular complexity index is 1410. The number of hydrogen-bond donors (Lipinski definition) is 3. The fraction of sp³-hybridized carbons (Fsp3) is 0.250. The van der Waals surface area contributed by atoms with Gasteiger partial charge in [-0.2, -0.15) is 26.3 Å². The maximum absolute atomic E-state index is 13.3. The molecule has 3 rings (SSSR count). The van der Waals surface area contributed by atoms with Gasteiger partial charge in [0, 0.05) is 5.56 Å². The van der Waals surface area contributed by atoms with Crippen LogP contribution in [-0.4, -0.2) is 62.1 Å². The number of aromatic nitrogens is 1. The zero-order valence-corrected chi connectivity index (χ0v) is 22.2. The molecule has 2 heterocycles. The van der Waals surface area contributed by atoms with E-state index in [-0.39, 0.29) is 26.7 Å². The van der Waals surface area contributed by atoms with Gasteiger partial charge in [0.15, 0.2) is 0 Å². The first-order valence-corrected chi connectivity index (χ1v) is 12.5. The van der Waals surface area contributed by atoms with E-state index in [1.54, 1.807) is 0 Å². The first kappa shape index (κ1) is 31.5. The summed E-state index contributed by atoms with van der Waals surface area (Å²) in [7, 11) is 0. The second-order valence-corrected chi connectivity index (χ2v) is 10.1. The number of pyridine rings is 1. The van der Waals surface area contributed by atoms with E-state index in [4.69, 9.17) is 17.3 Å². The van der Waals surface area contributed by atoms with E-state index in [1.807, 2.05) is 0 Å². The van der Waals surface area contributed by atoms with E-state index in [9.17, 15) is 45.5 Å². The summed E-state index contributed by atoms with van der Waals surface area (Å²) in [6.45, 7) is 0.0432. The average molecular weight is 621 g/mol. The van der Waals surface area contributed by atoms with Crippen LogP contribution in [0.15, 0.2) is 41.3 Å². The number of nitrogens with zero attached hydrogens (tertiary/aromatic N) is 2. The van der Waals surface area contributed by atoms with Crippen molar-refractivity contribution in [3.63, 3.8) is 0 Å². The largest absolute Gasteiger partial charge is 0.480 e. The summed E-state index contributed by atoms with van der Waals surface area (Å²) in [5, 5.41) is 13.0. The molecular weight excluding hydrogens is 602 g/mol. The van der Waals surface area contributed by atoms with Gasteiger partial charge in [-0.25, -0.2) is 4.98 Å². The molecule has 0 spiro atoms. The predicted octanol–water partition coefficient (Wildman–Crippen LogP) is 3.69. The van der Waals surface area contributed by atoms with Gasteiger partial charge in [-0.1, -0.05) is 30.0 Å². The molecule has 0 aliphatic carbocycles. The van der Waals surface area contributed by atoms with Crippen molar-refractivity contribution >= 4 is 58.1 Å². The number of benzene rings is 1. The third-order valence-electron chi connectivity index (χ3n) is 5.29. The molecule has 17 heteroatoms. The Kier molecular flexibility index (Phi) is 9.43. The predicted molar refractivity (Wildman–Crippen MR) is 138 cm³/mol. The number of carbonyl (C=O) groups is 4. The molecule has 0 saturated carbocycles. The number of nitrogens with one attached hydrogen (secondary N) is 2. The lowest BCUT2D eigenvalue weighted by Crippen LogP contribution is -2.49. The van der Waals surface area contributed by atoms with Crippen molar-refractivity contribution in [2.24, 2.45) is 0 Å². The number of aliphatic carboxylic acids is 1. The van der Waals surface area contributed by atoms with Gasteiger partial charge in [-0.3, -0.25) is 24.1 Å². The monoisotopic (exact) mass is 620 g/mol. The van der Waals surface area contributed by atoms with Crippen molar-refractivity contribution in [3.05, 3.63) is 58.1 Å². The Morgan fingerprint density at radius 2 is 1.71 bits per heavy atom. The highest BCUT2D eigenvalue weighted by atomic mass is 32.2. The van der Waals surface area contributed by atoms with E-state index in [0.717, 1.165) is 16.7 Å². The number of hydrogen-bond acceptors (Lipinski definition) is 7. The zero-order chi connectivity index (χ0) is 30.7. The van der Waals surface area contributed by atoms with E-state index >= 15 is 0 Å². The third kappa shape index (κ3) is 8.26. The van der Waals surface area contributed by atoms with Crippen molar-refractivity contribution < 1.29 is 50.6 Å². The minimum atomic E-state index is -5.05. The highest BCUT2D eigenvalue weighted by molar-refractivity contribution is 8.26. The Morgan fingerprint density at radius 3 is 2.27 bits per heavy atom. The second-order valence-electron chi connectivity index (χ2n) is 8.41. The van der Waals surface area contributed by atoms with E-state index < -0.39 is 71.9 Å². The maximum atomic E-state index is 13.3. The number of thiocarbonyl (C=S) groups is 1. The Labute approximate surface area is 237 Å². The first-order valence-electron chi connectivity index (χ1n) is 11.3. The van der Waals surface area contributed by atoms with Crippen molar-refractivity contribution in [2.75, 3.05) is 13.1 Å². The van der Waals surface area contributed by atoms with Gasteiger partial charge in [0.1, 0.15) is 23.5 Å². The molecule has 1 fully saturated rings. The van der Waals surface area contributed by atoms with Gasteiger partial charge in [-0.15, -0.1) is 0 Å². The van der Waals surface area contributed by atoms with Gasteiger partial charge in [0.25, 0.3) is 5.91 Å². The van der Waals surface area contributed by atoms with Crippen molar-refractivity contribution in [1.29, 1.82) is 0 Å². The van der Waals surface area contributed by atoms with Crippen LogP contribution in [-0.2, 0) is 31.5 Å². The molecular formula is C24H18F6N4O5S2. The maximum Gasteiger partial charge on any atom is 0.416 e. The Balaban J connectivity index is 1.79. The molecule has 0 bridgehead atoms. The quantitative estimate of drug-likeness (QED) is 0.232. The molecule has 9 nitrogen and oxygen atoms in total. The van der Waals surface area contributed by atoms with Crippen molar-refractivity contribution in [3.8, 4) is 11.3 Å². The van der Waals surface area contributed by atoms with Gasteiger partial charge in [0.05, 0.1) is 27.4 Å². The molecule has 1 atom stereocenters. The fourth-order valence-corrected chi connectivity index (χ4v) is 4.62. The van der Waals surface area contributed by atoms with Crippen LogP contribution < -0.4 is 10.6 Å². The number of thioether (sulfide) groups is 1. The van der Waals surface area contributed by atoms with Crippen LogP contribution in [0.1, 0.15) is 23.7 Å². The molecule has 1 saturated heterocycles. The molecule has 0 radical (unpaired) electrons. The summed E-state index contributed by atoms with van der Waals surface area (Å²) < 4.78 is 79.5. The molecule has 0 unspecified atom stereocenters. The normalized spacial score (nSPS) is 15.7. The van der Waals surface area contributed by atoms with Crippen molar-refractivity contribution in [2.45, 2.75) is 25.3 Å². The lowest BCUT2D eigenvalue weighted by molar-refractivity contribution is -0.143. The number of alkyl halides is 6. The molecule has 3 N–H and O–H groups in total. The molecule has 1 aromatic heterocycles. The summed E-state index contributed by atoms with van der Waals surface area (Å²) in [5.74, 6) is -3.59. The van der Waals surface area contributed by atoms with Crippen LogP contribution in [0.25, 0.3) is 17.3 Å². The Hall–Kier alpha value is -3.99. The topological polar surface area (TPSA) is 129 Å². The summed E-state index contributed by atoms with van der Waals surface area (Å²) in [6, 6.07) is 3.82. The second kappa shape index (κ2) is 12.3. The third-order valence-corrected chi connectivity index (χ3v) is 6.67. The van der Waals surface area contributed by atoms with E-state index in [1.165, 1.54) is 31.2 Å². The number of carboxylic acids is 1. The molecule has 1 aliphatic heterocycles. The van der Waals surface area contributed by atoms with Crippen LogP contribution in [0.3, 0.4) is 0 Å².